The molecule has 3 aliphatic rings. The van der Waals surface area contributed by atoms with Crippen molar-refractivity contribution in [1.29, 1.82) is 0 Å². The Morgan fingerprint density at radius 1 is 0.797 bits per heavy atom. The second-order valence-corrected chi connectivity index (χ2v) is 17.2. The zero-order valence-electron chi connectivity index (χ0n) is 36.5. The number of nitrogens with one attached hydrogen (secondary N) is 7. The van der Waals surface area contributed by atoms with Crippen LogP contribution >= 0.6 is 0 Å². The monoisotopic (exact) mass is 881 g/mol. The van der Waals surface area contributed by atoms with Crippen molar-refractivity contribution in [2.45, 2.75) is 127 Å². The van der Waals surface area contributed by atoms with Gasteiger partial charge in [-0.25, -0.2) is 0 Å². The Labute approximate surface area is 373 Å². The summed E-state index contributed by atoms with van der Waals surface area (Å²) in [6.07, 6.45) is 9.44. The number of para-hydroxylation sites is 1. The van der Waals surface area contributed by atoms with Gasteiger partial charge in [0.15, 0.2) is 5.96 Å². The number of benzene rings is 2. The molecule has 1 saturated carbocycles. The van der Waals surface area contributed by atoms with E-state index >= 15 is 0 Å². The molecule has 3 fully saturated rings. The number of fused-ring (bicyclic) bond motifs is 2. The molecule has 0 radical (unpaired) electrons. The highest BCUT2D eigenvalue weighted by atomic mass is 16.2. The van der Waals surface area contributed by atoms with E-state index in [0.717, 1.165) is 54.1 Å². The normalized spacial score (nSPS) is 23.2. The maximum atomic E-state index is 14.6. The molecule has 6 rings (SSSR count). The lowest BCUT2D eigenvalue weighted by Gasteiger charge is -2.32. The number of aromatic nitrogens is 1. The first kappa shape index (κ1) is 47.0. The quantitative estimate of drug-likeness (QED) is 0.0632. The van der Waals surface area contributed by atoms with Crippen LogP contribution in [0.5, 0.6) is 0 Å². The number of H-pyrrole nitrogens is 1. The summed E-state index contributed by atoms with van der Waals surface area (Å²) in [5.41, 5.74) is 13.5. The number of rotatable bonds is 14. The van der Waals surface area contributed by atoms with Gasteiger partial charge >= 0.3 is 0 Å². The Kier molecular flexibility index (Phi) is 16.7. The van der Waals surface area contributed by atoms with Crippen LogP contribution in [0.4, 0.5) is 0 Å². The van der Waals surface area contributed by atoms with Crippen molar-refractivity contribution in [3.05, 3.63) is 71.9 Å². The van der Waals surface area contributed by atoms with E-state index in [-0.39, 0.29) is 44.7 Å². The summed E-state index contributed by atoms with van der Waals surface area (Å²) in [5, 5.41) is 17.8. The maximum Gasteiger partial charge on any atom is 0.247 e. The van der Waals surface area contributed by atoms with Crippen molar-refractivity contribution in [2.75, 3.05) is 19.6 Å². The van der Waals surface area contributed by atoms with Gasteiger partial charge in [0, 0.05) is 56.5 Å². The third-order valence-electron chi connectivity index (χ3n) is 12.4. The van der Waals surface area contributed by atoms with Crippen LogP contribution in [-0.4, -0.2) is 113 Å². The standard InChI is InChI=1S/C46H63N11O7/c1-28(58)52-36(24-30-14-6-3-7-15-30)42(61)56-38-27-51-40(59)34(18-10-22-49-46(47)48)53-43(62)37(25-31-26-50-33-17-9-8-16-32(31)33)55-41(60)35(21-20-29-12-4-2-5-13-29)54-44(63)39-19-11-23-57(39)45(38)64/h3,6-9,14-17,26,29,34-39,50H,2,4-5,10-13,18-25,27H2,1H3,(H,51,59)(H,52,58)(H,53,62)(H,54,63)(H,55,60)(H,56,61)(H4,47,48,49)/t34-,35+,36-,37-,38?,39?/m0/s1. The summed E-state index contributed by atoms with van der Waals surface area (Å²) in [4.78, 5) is 107. The van der Waals surface area contributed by atoms with Gasteiger partial charge in [0.05, 0.1) is 0 Å². The smallest absolute Gasteiger partial charge is 0.247 e. The molecule has 0 bridgehead atoms. The predicted molar refractivity (Wildman–Crippen MR) is 241 cm³/mol. The van der Waals surface area contributed by atoms with Crippen LogP contribution in [-0.2, 0) is 46.4 Å². The van der Waals surface area contributed by atoms with E-state index in [9.17, 15) is 33.6 Å². The summed E-state index contributed by atoms with van der Waals surface area (Å²) in [6, 6.07) is 9.78. The Hall–Kier alpha value is -6.46. The molecule has 2 saturated heterocycles. The molecule has 7 amide bonds. The second-order valence-electron chi connectivity index (χ2n) is 17.2. The van der Waals surface area contributed by atoms with Gasteiger partial charge in [-0.15, -0.1) is 0 Å². The molecular formula is C46H63N11O7. The number of nitrogens with zero attached hydrogens (tertiary/aromatic N) is 2. The van der Waals surface area contributed by atoms with Gasteiger partial charge in [-0.3, -0.25) is 38.6 Å². The van der Waals surface area contributed by atoms with Crippen LogP contribution in [0.2, 0.25) is 0 Å². The highest BCUT2D eigenvalue weighted by molar-refractivity contribution is 5.98. The lowest BCUT2D eigenvalue weighted by Crippen LogP contribution is -2.62. The van der Waals surface area contributed by atoms with Crippen molar-refractivity contribution in [3.63, 3.8) is 0 Å². The van der Waals surface area contributed by atoms with E-state index in [0.29, 0.717) is 31.6 Å². The van der Waals surface area contributed by atoms with Crippen molar-refractivity contribution in [1.82, 2.24) is 41.8 Å². The van der Waals surface area contributed by atoms with E-state index in [1.54, 1.807) is 18.3 Å². The van der Waals surface area contributed by atoms with E-state index < -0.39 is 84.1 Å². The lowest BCUT2D eigenvalue weighted by molar-refractivity contribution is -0.143. The molecule has 1 aromatic heterocycles. The molecule has 0 spiro atoms. The van der Waals surface area contributed by atoms with E-state index in [4.69, 9.17) is 11.5 Å². The Bertz CT molecular complexity index is 2150. The number of hydrogen-bond acceptors (Lipinski definition) is 8. The largest absolute Gasteiger partial charge is 0.370 e. The summed E-state index contributed by atoms with van der Waals surface area (Å²) in [6.45, 7) is 1.21. The topological polar surface area (TPSA) is 275 Å². The van der Waals surface area contributed by atoms with E-state index in [1.165, 1.54) is 11.8 Å². The van der Waals surface area contributed by atoms with E-state index in [1.807, 2.05) is 42.5 Å². The molecule has 11 N–H and O–H groups in total. The van der Waals surface area contributed by atoms with Crippen LogP contribution in [0.25, 0.3) is 10.9 Å². The number of guanidine groups is 1. The van der Waals surface area contributed by atoms with Crippen LogP contribution in [0.1, 0.15) is 88.7 Å². The summed E-state index contributed by atoms with van der Waals surface area (Å²) >= 11 is 0. The molecule has 18 heteroatoms. The molecular weight excluding hydrogens is 819 g/mol. The maximum absolute atomic E-state index is 14.6. The fraction of sp³-hybridized carbons (Fsp3) is 0.522. The number of amides is 7. The molecule has 2 aromatic carbocycles. The van der Waals surface area contributed by atoms with Gasteiger partial charge in [0.1, 0.15) is 36.3 Å². The molecule has 3 aromatic rings. The van der Waals surface area contributed by atoms with Gasteiger partial charge in [-0.1, -0.05) is 80.6 Å². The first-order chi connectivity index (χ1) is 30.9. The minimum atomic E-state index is -1.39. The Morgan fingerprint density at radius 2 is 1.48 bits per heavy atom. The van der Waals surface area contributed by atoms with Gasteiger partial charge in [0.2, 0.25) is 41.4 Å². The first-order valence-electron chi connectivity index (χ1n) is 22.6. The van der Waals surface area contributed by atoms with Crippen molar-refractivity contribution in [2.24, 2.45) is 22.4 Å². The minimum Gasteiger partial charge on any atom is -0.370 e. The Balaban J connectivity index is 1.34. The van der Waals surface area contributed by atoms with Gasteiger partial charge in [-0.05, 0) is 61.6 Å². The second kappa shape index (κ2) is 22.8. The zero-order chi connectivity index (χ0) is 45.6. The first-order valence-corrected chi connectivity index (χ1v) is 22.6. The number of aromatic amines is 1. The Morgan fingerprint density at radius 3 is 2.23 bits per heavy atom. The molecule has 2 aliphatic heterocycles. The number of carbonyl (C=O) groups is 7. The van der Waals surface area contributed by atoms with Gasteiger partial charge in [-0.2, -0.15) is 0 Å². The number of nitrogens with two attached hydrogens (primary N) is 2. The summed E-state index contributed by atoms with van der Waals surface area (Å²) in [5.74, 6) is -3.94. The molecule has 64 heavy (non-hydrogen) atoms. The van der Waals surface area contributed by atoms with Crippen LogP contribution < -0.4 is 43.4 Å². The molecule has 6 atom stereocenters. The van der Waals surface area contributed by atoms with Crippen molar-refractivity contribution < 1.29 is 33.6 Å². The molecule has 3 heterocycles. The average Bonchev–Trinajstić information content (AvgIpc) is 3.95. The lowest BCUT2D eigenvalue weighted by atomic mass is 9.85. The van der Waals surface area contributed by atoms with Crippen LogP contribution in [0.15, 0.2) is 65.8 Å². The van der Waals surface area contributed by atoms with Crippen molar-refractivity contribution >= 4 is 58.2 Å². The SMILES string of the molecule is CC(=O)N[C@@H](Cc1ccccc1)C(=O)NC1CNC(=O)[C@H](CCCN=C(N)N)NC(=O)[C@H](Cc2c[nH]c3ccccc23)NC(=O)[C@@H](CCC2CCCCC2)NC(=O)C2CCCN2C1=O. The van der Waals surface area contributed by atoms with Gasteiger partial charge in [0.25, 0.3) is 0 Å². The fourth-order valence-corrected chi connectivity index (χ4v) is 9.07. The third kappa shape index (κ3) is 13.0. The predicted octanol–water partition coefficient (Wildman–Crippen LogP) is 0.932. The number of hydrogen-bond donors (Lipinski definition) is 9. The highest BCUT2D eigenvalue weighted by Gasteiger charge is 2.41. The zero-order valence-corrected chi connectivity index (χ0v) is 36.5. The fourth-order valence-electron chi connectivity index (χ4n) is 9.07. The molecule has 344 valence electrons. The average molecular weight is 882 g/mol. The summed E-state index contributed by atoms with van der Waals surface area (Å²) < 4.78 is 0. The third-order valence-corrected chi connectivity index (χ3v) is 12.4. The highest BCUT2D eigenvalue weighted by Crippen LogP contribution is 2.28. The molecule has 18 nitrogen and oxygen atoms in total. The minimum absolute atomic E-state index is 0.0602. The van der Waals surface area contributed by atoms with Crippen LogP contribution in [0, 0.1) is 5.92 Å². The number of aliphatic imine (C=N–C) groups is 1. The van der Waals surface area contributed by atoms with Crippen molar-refractivity contribution in [3.8, 4) is 0 Å². The molecule has 1 aliphatic carbocycles. The molecule has 2 unspecified atom stereocenters. The van der Waals surface area contributed by atoms with Gasteiger partial charge < -0.3 is 53.3 Å². The van der Waals surface area contributed by atoms with E-state index in [2.05, 4.69) is 41.9 Å². The summed E-state index contributed by atoms with van der Waals surface area (Å²) in [7, 11) is 0. The number of carbonyl (C=O) groups excluding carboxylic acids is 7. The van der Waals surface area contributed by atoms with Crippen LogP contribution in [0.3, 0.4) is 0 Å².